The van der Waals surface area contributed by atoms with Crippen LogP contribution in [-0.2, 0) is 0 Å². The van der Waals surface area contributed by atoms with Crippen molar-refractivity contribution in [3.05, 3.63) is 35.9 Å². The average molecular weight is 287 g/mol. The summed E-state index contributed by atoms with van der Waals surface area (Å²) < 4.78 is 0. The third-order valence-corrected chi connectivity index (χ3v) is 5.10. The topological polar surface area (TPSA) is 12.0 Å². The van der Waals surface area contributed by atoms with E-state index in [-0.39, 0.29) is 0 Å². The van der Waals surface area contributed by atoms with Gasteiger partial charge in [0.25, 0.3) is 0 Å². The van der Waals surface area contributed by atoms with Gasteiger partial charge >= 0.3 is 0 Å². The maximum atomic E-state index is 4.03. The molecule has 0 heterocycles. The molecule has 1 aromatic carbocycles. The molecule has 1 fully saturated rings. The molecule has 2 rings (SSSR count). The van der Waals surface area contributed by atoms with Crippen LogP contribution in [0.5, 0.6) is 0 Å². The fraction of sp³-hybridized carbons (Fsp3) is 0.700. The van der Waals surface area contributed by atoms with E-state index >= 15 is 0 Å². The van der Waals surface area contributed by atoms with Gasteiger partial charge in [0, 0.05) is 12.1 Å². The van der Waals surface area contributed by atoms with Crippen molar-refractivity contribution in [2.45, 2.75) is 72.4 Å². The number of nitrogens with one attached hydrogen (secondary N) is 1. The highest BCUT2D eigenvalue weighted by molar-refractivity contribution is 5.19. The van der Waals surface area contributed by atoms with Crippen molar-refractivity contribution in [1.29, 1.82) is 0 Å². The first-order valence-corrected chi connectivity index (χ1v) is 8.70. The molecule has 0 bridgehead atoms. The van der Waals surface area contributed by atoms with E-state index in [1.165, 1.54) is 31.2 Å². The smallest absolute Gasteiger partial charge is 0.0345 e. The maximum absolute atomic E-state index is 4.03. The van der Waals surface area contributed by atoms with Crippen molar-refractivity contribution in [1.82, 2.24) is 5.32 Å². The zero-order valence-corrected chi connectivity index (χ0v) is 14.5. The molecular formula is C20H33N. The van der Waals surface area contributed by atoms with E-state index in [1.807, 2.05) is 0 Å². The Bertz CT molecular complexity index is 415. The van der Waals surface area contributed by atoms with Gasteiger partial charge in [-0.3, -0.25) is 0 Å². The van der Waals surface area contributed by atoms with Crippen molar-refractivity contribution in [3.63, 3.8) is 0 Å². The van der Waals surface area contributed by atoms with Gasteiger partial charge in [-0.15, -0.1) is 0 Å². The molecule has 3 atom stereocenters. The average Bonchev–Trinajstić information content (AvgIpc) is 2.44. The molecule has 1 heteroatoms. The van der Waals surface area contributed by atoms with Crippen molar-refractivity contribution in [3.8, 4) is 0 Å². The summed E-state index contributed by atoms with van der Waals surface area (Å²) in [5, 5.41) is 4.03. The first kappa shape index (κ1) is 16.5. The second-order valence-electron chi connectivity index (χ2n) is 8.16. The highest BCUT2D eigenvalue weighted by Gasteiger charge is 2.35. The summed E-state index contributed by atoms with van der Waals surface area (Å²) in [6, 6.07) is 12.1. The van der Waals surface area contributed by atoms with E-state index in [4.69, 9.17) is 0 Å². The molecule has 0 radical (unpaired) electrons. The van der Waals surface area contributed by atoms with Crippen LogP contribution in [0.15, 0.2) is 30.3 Å². The highest BCUT2D eigenvalue weighted by Crippen LogP contribution is 2.39. The van der Waals surface area contributed by atoms with Gasteiger partial charge in [0.1, 0.15) is 0 Å². The quantitative estimate of drug-likeness (QED) is 0.762. The summed E-state index contributed by atoms with van der Waals surface area (Å²) in [7, 11) is 0. The summed E-state index contributed by atoms with van der Waals surface area (Å²) >= 11 is 0. The standard InChI is InChI=1S/C20H33N/c1-15(2)19(16-11-7-6-8-12-16)21-18-14-10-9-13-17(18)20(3,4)5/h6-8,11-12,15,17-19,21H,9-10,13-14H2,1-5H3. The zero-order valence-electron chi connectivity index (χ0n) is 14.5. The molecule has 1 nitrogen and oxygen atoms in total. The van der Waals surface area contributed by atoms with Crippen LogP contribution in [0.1, 0.15) is 71.9 Å². The molecule has 0 saturated heterocycles. The summed E-state index contributed by atoms with van der Waals surface area (Å²) in [5.74, 6) is 1.41. The lowest BCUT2D eigenvalue weighted by atomic mass is 9.69. The molecule has 1 aromatic rings. The molecule has 0 amide bonds. The molecule has 1 N–H and O–H groups in total. The predicted octanol–water partition coefficient (Wildman–Crippen LogP) is 5.58. The van der Waals surface area contributed by atoms with Gasteiger partial charge in [-0.25, -0.2) is 0 Å². The molecule has 0 aromatic heterocycles. The van der Waals surface area contributed by atoms with Crippen LogP contribution in [0.4, 0.5) is 0 Å². The molecule has 3 unspecified atom stereocenters. The number of hydrogen-bond acceptors (Lipinski definition) is 1. The van der Waals surface area contributed by atoms with Gasteiger partial charge in [-0.05, 0) is 35.7 Å². The first-order valence-electron chi connectivity index (χ1n) is 8.70. The number of hydrogen-bond donors (Lipinski definition) is 1. The molecule has 0 aliphatic heterocycles. The lowest BCUT2D eigenvalue weighted by Crippen LogP contribution is -2.46. The second kappa shape index (κ2) is 6.96. The lowest BCUT2D eigenvalue weighted by Gasteiger charge is -2.43. The van der Waals surface area contributed by atoms with Crippen LogP contribution >= 0.6 is 0 Å². The van der Waals surface area contributed by atoms with Crippen molar-refractivity contribution < 1.29 is 0 Å². The van der Waals surface area contributed by atoms with Crippen LogP contribution < -0.4 is 5.32 Å². The molecule has 1 aliphatic rings. The molecule has 1 aliphatic carbocycles. The predicted molar refractivity (Wildman–Crippen MR) is 92.4 cm³/mol. The van der Waals surface area contributed by atoms with Gasteiger partial charge < -0.3 is 5.32 Å². The molecule has 118 valence electrons. The maximum Gasteiger partial charge on any atom is 0.0345 e. The van der Waals surface area contributed by atoms with Crippen molar-refractivity contribution in [2.75, 3.05) is 0 Å². The Morgan fingerprint density at radius 2 is 1.62 bits per heavy atom. The minimum atomic E-state index is 0.399. The Hall–Kier alpha value is -0.820. The Kier molecular flexibility index (Phi) is 5.48. The summed E-state index contributed by atoms with van der Waals surface area (Å²) in [4.78, 5) is 0. The Morgan fingerprint density at radius 1 is 1.00 bits per heavy atom. The van der Waals surface area contributed by atoms with E-state index in [0.717, 1.165) is 5.92 Å². The van der Waals surface area contributed by atoms with E-state index in [1.54, 1.807) is 0 Å². The second-order valence-corrected chi connectivity index (χ2v) is 8.16. The van der Waals surface area contributed by atoms with Gasteiger partial charge in [0.2, 0.25) is 0 Å². The van der Waals surface area contributed by atoms with Gasteiger partial charge in [0.05, 0.1) is 0 Å². The highest BCUT2D eigenvalue weighted by atomic mass is 15.0. The fourth-order valence-corrected chi connectivity index (χ4v) is 3.93. The Labute approximate surface area is 131 Å². The monoisotopic (exact) mass is 287 g/mol. The van der Waals surface area contributed by atoms with E-state index < -0.39 is 0 Å². The van der Waals surface area contributed by atoms with Crippen molar-refractivity contribution >= 4 is 0 Å². The van der Waals surface area contributed by atoms with Crippen LogP contribution in [0.2, 0.25) is 0 Å². The summed E-state index contributed by atoms with van der Waals surface area (Å²) in [6.45, 7) is 11.9. The first-order chi connectivity index (χ1) is 9.89. The largest absolute Gasteiger partial charge is 0.307 e. The van der Waals surface area contributed by atoms with Crippen LogP contribution in [0.3, 0.4) is 0 Å². The molecular weight excluding hydrogens is 254 g/mol. The Morgan fingerprint density at radius 3 is 2.19 bits per heavy atom. The van der Waals surface area contributed by atoms with Gasteiger partial charge in [0.15, 0.2) is 0 Å². The lowest BCUT2D eigenvalue weighted by molar-refractivity contribution is 0.117. The Balaban J connectivity index is 2.15. The van der Waals surface area contributed by atoms with E-state index in [9.17, 15) is 0 Å². The molecule has 0 spiro atoms. The molecule has 1 saturated carbocycles. The summed E-state index contributed by atoms with van der Waals surface area (Å²) in [6.07, 6.45) is 5.49. The fourth-order valence-electron chi connectivity index (χ4n) is 3.93. The van der Waals surface area contributed by atoms with Crippen molar-refractivity contribution in [2.24, 2.45) is 17.3 Å². The number of benzene rings is 1. The minimum absolute atomic E-state index is 0.399. The minimum Gasteiger partial charge on any atom is -0.307 e. The zero-order chi connectivity index (χ0) is 15.5. The van der Waals surface area contributed by atoms with E-state index in [2.05, 4.69) is 70.3 Å². The number of rotatable bonds is 4. The van der Waals surface area contributed by atoms with Crippen LogP contribution in [0, 0.1) is 17.3 Å². The SMILES string of the molecule is CC(C)C(NC1CCCCC1C(C)(C)C)c1ccccc1. The van der Waals surface area contributed by atoms with E-state index in [0.29, 0.717) is 23.4 Å². The third-order valence-electron chi connectivity index (χ3n) is 5.10. The summed E-state index contributed by atoms with van der Waals surface area (Å²) in [5.41, 5.74) is 1.83. The van der Waals surface area contributed by atoms with Crippen LogP contribution in [-0.4, -0.2) is 6.04 Å². The molecule has 21 heavy (non-hydrogen) atoms. The normalized spacial score (nSPS) is 25.0. The van der Waals surface area contributed by atoms with Crippen LogP contribution in [0.25, 0.3) is 0 Å². The van der Waals surface area contributed by atoms with Gasteiger partial charge in [-0.1, -0.05) is 77.8 Å². The third kappa shape index (κ3) is 4.32. The van der Waals surface area contributed by atoms with Gasteiger partial charge in [-0.2, -0.15) is 0 Å².